The van der Waals surface area contributed by atoms with E-state index in [2.05, 4.69) is 30.7 Å². The molecule has 3 heteroatoms. The van der Waals surface area contributed by atoms with Crippen molar-refractivity contribution >= 4 is 5.96 Å². The van der Waals surface area contributed by atoms with E-state index in [1.807, 2.05) is 0 Å². The van der Waals surface area contributed by atoms with Crippen LogP contribution in [-0.4, -0.2) is 30.0 Å². The Morgan fingerprint density at radius 2 is 2.12 bits per heavy atom. The maximum absolute atomic E-state index is 6.01. The van der Waals surface area contributed by atoms with Crippen LogP contribution >= 0.6 is 0 Å². The number of likely N-dealkylation sites (tertiary alicyclic amines) is 1. The molecule has 1 aliphatic rings. The molecular weight excluding hydrogens is 198 g/mol. The molecule has 0 bridgehead atoms. The van der Waals surface area contributed by atoms with Crippen LogP contribution < -0.4 is 5.73 Å². The third-order valence-corrected chi connectivity index (χ3v) is 3.26. The molecule has 1 atom stereocenters. The predicted octanol–water partition coefficient (Wildman–Crippen LogP) is 2.61. The van der Waals surface area contributed by atoms with Crippen LogP contribution in [0.1, 0.15) is 52.9 Å². The Balaban J connectivity index is 2.46. The molecule has 0 saturated carbocycles. The van der Waals surface area contributed by atoms with E-state index in [4.69, 9.17) is 5.73 Å². The Morgan fingerprint density at radius 1 is 1.38 bits per heavy atom. The molecule has 0 aromatic carbocycles. The van der Waals surface area contributed by atoms with E-state index in [0.29, 0.717) is 6.04 Å². The van der Waals surface area contributed by atoms with Crippen LogP contribution in [0.4, 0.5) is 0 Å². The van der Waals surface area contributed by atoms with Crippen molar-refractivity contribution in [1.29, 1.82) is 0 Å². The molecule has 1 saturated heterocycles. The van der Waals surface area contributed by atoms with E-state index in [0.717, 1.165) is 25.0 Å². The molecule has 0 aliphatic carbocycles. The van der Waals surface area contributed by atoms with E-state index in [1.54, 1.807) is 0 Å². The van der Waals surface area contributed by atoms with Gasteiger partial charge in [-0.3, -0.25) is 4.99 Å². The SMILES string of the molecule is CCCC1CCCN(C(N)=NC(C)C)CC1. The van der Waals surface area contributed by atoms with E-state index in [1.165, 1.54) is 32.1 Å². The summed E-state index contributed by atoms with van der Waals surface area (Å²) in [5, 5.41) is 0. The molecule has 1 unspecified atom stereocenters. The molecule has 1 fully saturated rings. The Bertz CT molecular complexity index is 223. The zero-order valence-corrected chi connectivity index (χ0v) is 11.1. The fourth-order valence-corrected chi connectivity index (χ4v) is 2.44. The van der Waals surface area contributed by atoms with Gasteiger partial charge in [-0.25, -0.2) is 0 Å². The lowest BCUT2D eigenvalue weighted by Gasteiger charge is -2.22. The van der Waals surface area contributed by atoms with Gasteiger partial charge in [0.2, 0.25) is 0 Å². The second-order valence-corrected chi connectivity index (χ2v) is 5.15. The second kappa shape index (κ2) is 6.77. The summed E-state index contributed by atoms with van der Waals surface area (Å²) in [4.78, 5) is 6.69. The van der Waals surface area contributed by atoms with Gasteiger partial charge in [0.05, 0.1) is 0 Å². The van der Waals surface area contributed by atoms with Crippen molar-refractivity contribution < 1.29 is 0 Å². The van der Waals surface area contributed by atoms with Crippen LogP contribution in [-0.2, 0) is 0 Å². The van der Waals surface area contributed by atoms with Gasteiger partial charge in [0.1, 0.15) is 0 Å². The number of guanidine groups is 1. The van der Waals surface area contributed by atoms with E-state index in [-0.39, 0.29) is 0 Å². The third kappa shape index (κ3) is 4.42. The summed E-state index contributed by atoms with van der Waals surface area (Å²) in [6, 6.07) is 0.301. The Kier molecular flexibility index (Phi) is 5.64. The lowest BCUT2D eigenvalue weighted by Crippen LogP contribution is -2.38. The van der Waals surface area contributed by atoms with Gasteiger partial charge in [0.15, 0.2) is 5.96 Å². The van der Waals surface area contributed by atoms with Crippen LogP contribution in [0.3, 0.4) is 0 Å². The monoisotopic (exact) mass is 225 g/mol. The molecular formula is C13H27N3. The summed E-state index contributed by atoms with van der Waals surface area (Å²) >= 11 is 0. The van der Waals surface area contributed by atoms with E-state index in [9.17, 15) is 0 Å². The van der Waals surface area contributed by atoms with Gasteiger partial charge in [-0.1, -0.05) is 19.8 Å². The molecule has 1 rings (SSSR count). The number of rotatable bonds is 3. The quantitative estimate of drug-likeness (QED) is 0.592. The van der Waals surface area contributed by atoms with Crippen LogP contribution in [0.25, 0.3) is 0 Å². The average Bonchev–Trinajstić information content (AvgIpc) is 2.43. The van der Waals surface area contributed by atoms with E-state index >= 15 is 0 Å². The van der Waals surface area contributed by atoms with Crippen LogP contribution in [0.5, 0.6) is 0 Å². The van der Waals surface area contributed by atoms with Crippen LogP contribution in [0, 0.1) is 5.92 Å². The molecule has 0 amide bonds. The van der Waals surface area contributed by atoms with Gasteiger partial charge in [-0.2, -0.15) is 0 Å². The lowest BCUT2D eigenvalue weighted by atomic mass is 9.96. The number of hydrogen-bond acceptors (Lipinski definition) is 1. The van der Waals surface area contributed by atoms with Crippen molar-refractivity contribution in [1.82, 2.24) is 4.90 Å². The smallest absolute Gasteiger partial charge is 0.191 e. The topological polar surface area (TPSA) is 41.6 Å². The first kappa shape index (κ1) is 13.3. The molecule has 1 aliphatic heterocycles. The number of nitrogens with zero attached hydrogens (tertiary/aromatic N) is 2. The number of aliphatic imine (C=N–C) groups is 1. The lowest BCUT2D eigenvalue weighted by molar-refractivity contribution is 0.398. The van der Waals surface area contributed by atoms with Crippen molar-refractivity contribution in [3.63, 3.8) is 0 Å². The first-order chi connectivity index (χ1) is 7.63. The summed E-state index contributed by atoms with van der Waals surface area (Å²) in [6.45, 7) is 8.60. The fourth-order valence-electron chi connectivity index (χ4n) is 2.44. The zero-order chi connectivity index (χ0) is 12.0. The summed E-state index contributed by atoms with van der Waals surface area (Å²) in [7, 11) is 0. The van der Waals surface area contributed by atoms with Crippen molar-refractivity contribution in [2.45, 2.75) is 58.9 Å². The predicted molar refractivity (Wildman–Crippen MR) is 70.6 cm³/mol. The van der Waals surface area contributed by atoms with Crippen molar-refractivity contribution in [3.8, 4) is 0 Å². The molecule has 0 aromatic heterocycles. The molecule has 3 nitrogen and oxygen atoms in total. The third-order valence-electron chi connectivity index (χ3n) is 3.26. The standard InChI is InChI=1S/C13H27N3/c1-4-6-12-7-5-9-16(10-8-12)13(14)15-11(2)3/h11-12H,4-10H2,1-3H3,(H2,14,15). The molecule has 16 heavy (non-hydrogen) atoms. The second-order valence-electron chi connectivity index (χ2n) is 5.15. The summed E-state index contributed by atoms with van der Waals surface area (Å²) < 4.78 is 0. The summed E-state index contributed by atoms with van der Waals surface area (Å²) in [5.74, 6) is 1.65. The highest BCUT2D eigenvalue weighted by Gasteiger charge is 2.17. The van der Waals surface area contributed by atoms with Gasteiger partial charge in [-0.05, 0) is 39.0 Å². The number of hydrogen-bond donors (Lipinski definition) is 1. The van der Waals surface area contributed by atoms with E-state index < -0.39 is 0 Å². The normalized spacial score (nSPS) is 23.6. The van der Waals surface area contributed by atoms with Gasteiger partial charge < -0.3 is 10.6 Å². The highest BCUT2D eigenvalue weighted by molar-refractivity contribution is 5.78. The van der Waals surface area contributed by atoms with Crippen molar-refractivity contribution in [2.24, 2.45) is 16.6 Å². The van der Waals surface area contributed by atoms with Crippen LogP contribution in [0.15, 0.2) is 4.99 Å². The first-order valence-electron chi connectivity index (χ1n) is 6.71. The molecule has 0 aromatic rings. The highest BCUT2D eigenvalue weighted by Crippen LogP contribution is 2.21. The van der Waals surface area contributed by atoms with Crippen molar-refractivity contribution in [2.75, 3.05) is 13.1 Å². The molecule has 1 heterocycles. The molecule has 94 valence electrons. The highest BCUT2D eigenvalue weighted by atomic mass is 15.3. The summed E-state index contributed by atoms with van der Waals surface area (Å²) in [5.41, 5.74) is 6.01. The largest absolute Gasteiger partial charge is 0.370 e. The Morgan fingerprint density at radius 3 is 2.75 bits per heavy atom. The average molecular weight is 225 g/mol. The van der Waals surface area contributed by atoms with Gasteiger partial charge in [0, 0.05) is 19.1 Å². The zero-order valence-electron chi connectivity index (χ0n) is 11.1. The minimum Gasteiger partial charge on any atom is -0.370 e. The summed E-state index contributed by atoms with van der Waals surface area (Å²) in [6.07, 6.45) is 6.58. The number of nitrogens with two attached hydrogens (primary N) is 1. The molecule has 2 N–H and O–H groups in total. The van der Waals surface area contributed by atoms with Crippen molar-refractivity contribution in [3.05, 3.63) is 0 Å². The fraction of sp³-hybridized carbons (Fsp3) is 0.923. The molecule has 0 spiro atoms. The Labute approximate surface area is 100 Å². The van der Waals surface area contributed by atoms with Gasteiger partial charge in [-0.15, -0.1) is 0 Å². The van der Waals surface area contributed by atoms with Crippen LogP contribution in [0.2, 0.25) is 0 Å². The molecule has 0 radical (unpaired) electrons. The first-order valence-corrected chi connectivity index (χ1v) is 6.71. The maximum Gasteiger partial charge on any atom is 0.191 e. The maximum atomic E-state index is 6.01. The minimum atomic E-state index is 0.301. The van der Waals surface area contributed by atoms with Gasteiger partial charge in [0.25, 0.3) is 0 Å². The minimum absolute atomic E-state index is 0.301. The van der Waals surface area contributed by atoms with Gasteiger partial charge >= 0.3 is 0 Å². The Hall–Kier alpha value is -0.730.